The number of carboxylic acids is 1. The monoisotopic (exact) mass is 332 g/mol. The van der Waals surface area contributed by atoms with Crippen molar-refractivity contribution in [3.05, 3.63) is 29.3 Å². The maximum Gasteiger partial charge on any atom is 0.303 e. The van der Waals surface area contributed by atoms with E-state index in [9.17, 15) is 14.7 Å². The van der Waals surface area contributed by atoms with Crippen LogP contribution in [0, 0.1) is 12.8 Å². The molecule has 9 heteroatoms. The highest BCUT2D eigenvalue weighted by Gasteiger charge is 2.39. The lowest BCUT2D eigenvalue weighted by Crippen LogP contribution is -2.30. The average Bonchev–Trinajstić information content (AvgIpc) is 3.17. The molecule has 0 aliphatic carbocycles. The van der Waals surface area contributed by atoms with Crippen LogP contribution in [0.25, 0.3) is 0 Å². The molecule has 1 N–H and O–H groups in total. The molecule has 1 aliphatic heterocycles. The highest BCUT2D eigenvalue weighted by atomic mass is 16.4. The van der Waals surface area contributed by atoms with Crippen LogP contribution in [0.15, 0.2) is 12.3 Å². The Bertz CT molecular complexity index is 780. The largest absolute Gasteiger partial charge is 0.481 e. The number of likely N-dealkylation sites (tertiary alicyclic amines) is 1. The fourth-order valence-corrected chi connectivity index (χ4v) is 3.31. The van der Waals surface area contributed by atoms with Gasteiger partial charge in [0.15, 0.2) is 0 Å². The first-order valence-corrected chi connectivity index (χ1v) is 7.73. The maximum atomic E-state index is 12.8. The van der Waals surface area contributed by atoms with Crippen molar-refractivity contribution in [3.8, 4) is 0 Å². The zero-order chi connectivity index (χ0) is 17.4. The van der Waals surface area contributed by atoms with Crippen molar-refractivity contribution in [3.63, 3.8) is 0 Å². The second-order valence-electron chi connectivity index (χ2n) is 6.29. The Labute approximate surface area is 138 Å². The van der Waals surface area contributed by atoms with E-state index in [1.807, 2.05) is 6.92 Å². The van der Waals surface area contributed by atoms with Crippen molar-refractivity contribution < 1.29 is 14.7 Å². The number of aryl methyl sites for hydroxylation is 3. The number of aliphatic carboxylic acids is 1. The van der Waals surface area contributed by atoms with E-state index < -0.39 is 5.97 Å². The van der Waals surface area contributed by atoms with Crippen molar-refractivity contribution >= 4 is 11.9 Å². The average molecular weight is 332 g/mol. The molecule has 3 rings (SSSR count). The molecule has 0 aromatic carbocycles. The van der Waals surface area contributed by atoms with Gasteiger partial charge in [0.1, 0.15) is 5.69 Å². The molecule has 2 atom stereocenters. The van der Waals surface area contributed by atoms with Crippen LogP contribution in [0.5, 0.6) is 0 Å². The van der Waals surface area contributed by atoms with Crippen LogP contribution < -0.4 is 0 Å². The first-order chi connectivity index (χ1) is 11.3. The summed E-state index contributed by atoms with van der Waals surface area (Å²) < 4.78 is 3.14. The first-order valence-electron chi connectivity index (χ1n) is 7.73. The fourth-order valence-electron chi connectivity index (χ4n) is 3.31. The van der Waals surface area contributed by atoms with Crippen LogP contribution >= 0.6 is 0 Å². The van der Waals surface area contributed by atoms with E-state index in [0.717, 1.165) is 11.4 Å². The summed E-state index contributed by atoms with van der Waals surface area (Å²) >= 11 is 0. The Morgan fingerprint density at radius 1 is 1.33 bits per heavy atom. The third kappa shape index (κ3) is 3.01. The van der Waals surface area contributed by atoms with Crippen LogP contribution in [0.3, 0.4) is 0 Å². The lowest BCUT2D eigenvalue weighted by molar-refractivity contribution is -0.138. The molecule has 2 aromatic rings. The van der Waals surface area contributed by atoms with E-state index in [1.54, 1.807) is 40.6 Å². The Balaban J connectivity index is 1.84. The Morgan fingerprint density at radius 3 is 2.62 bits per heavy atom. The molecule has 0 unspecified atom stereocenters. The summed E-state index contributed by atoms with van der Waals surface area (Å²) in [6.07, 6.45) is 1.77. The zero-order valence-electron chi connectivity index (χ0n) is 13.9. The molecule has 0 saturated carbocycles. The quantitative estimate of drug-likeness (QED) is 0.856. The van der Waals surface area contributed by atoms with Gasteiger partial charge in [-0.3, -0.25) is 19.0 Å². The number of hydrogen-bond acceptors (Lipinski definition) is 5. The SMILES string of the molecule is Cc1cc(C(=O)N2C[C@@H](CC(=O)O)[C@@H](c3cn(C)nn3)C2)n(C)n1. The summed E-state index contributed by atoms with van der Waals surface area (Å²) in [5.74, 6) is -1.33. The van der Waals surface area contributed by atoms with Crippen LogP contribution in [0.2, 0.25) is 0 Å². The summed E-state index contributed by atoms with van der Waals surface area (Å²) in [6.45, 7) is 2.65. The molecule has 1 aliphatic rings. The molecule has 0 radical (unpaired) electrons. The predicted molar refractivity (Wildman–Crippen MR) is 83.3 cm³/mol. The molecule has 2 aromatic heterocycles. The molecule has 128 valence electrons. The van der Waals surface area contributed by atoms with Gasteiger partial charge < -0.3 is 10.0 Å². The van der Waals surface area contributed by atoms with Crippen LogP contribution in [-0.4, -0.2) is 59.7 Å². The molecule has 9 nitrogen and oxygen atoms in total. The summed E-state index contributed by atoms with van der Waals surface area (Å²) in [5.41, 5.74) is 1.99. The third-order valence-electron chi connectivity index (χ3n) is 4.39. The highest BCUT2D eigenvalue weighted by Crippen LogP contribution is 2.34. The lowest BCUT2D eigenvalue weighted by atomic mass is 9.91. The van der Waals surface area contributed by atoms with E-state index in [2.05, 4.69) is 15.4 Å². The Hall–Kier alpha value is -2.71. The molecule has 1 saturated heterocycles. The number of hydrogen-bond donors (Lipinski definition) is 1. The minimum atomic E-state index is -0.875. The predicted octanol–water partition coefficient (Wildman–Crippen LogP) is 0.188. The summed E-state index contributed by atoms with van der Waals surface area (Å²) in [5, 5.41) is 21.4. The first kappa shape index (κ1) is 16.2. The van der Waals surface area contributed by atoms with Gasteiger partial charge in [-0.2, -0.15) is 5.10 Å². The van der Waals surface area contributed by atoms with Crippen molar-refractivity contribution in [2.75, 3.05) is 13.1 Å². The van der Waals surface area contributed by atoms with Crippen LogP contribution in [0.1, 0.15) is 34.2 Å². The van der Waals surface area contributed by atoms with Gasteiger partial charge in [0.25, 0.3) is 5.91 Å². The Morgan fingerprint density at radius 2 is 2.08 bits per heavy atom. The minimum Gasteiger partial charge on any atom is -0.481 e. The molecule has 3 heterocycles. The van der Waals surface area contributed by atoms with Crippen molar-refractivity contribution in [1.82, 2.24) is 29.7 Å². The van der Waals surface area contributed by atoms with Gasteiger partial charge >= 0.3 is 5.97 Å². The summed E-state index contributed by atoms with van der Waals surface area (Å²) in [7, 11) is 3.49. The minimum absolute atomic E-state index is 0.00453. The third-order valence-corrected chi connectivity index (χ3v) is 4.39. The number of carboxylic acid groups (broad SMARTS) is 1. The van der Waals surface area contributed by atoms with E-state index >= 15 is 0 Å². The molecule has 24 heavy (non-hydrogen) atoms. The standard InChI is InChI=1S/C15H20N6O3/c1-9-4-13(20(3)17-9)15(24)21-6-10(5-14(22)23)11(7-21)12-8-19(2)18-16-12/h4,8,10-11H,5-7H2,1-3H3,(H,22,23)/t10-,11+/m1/s1. The van der Waals surface area contributed by atoms with Crippen molar-refractivity contribution in [2.45, 2.75) is 19.3 Å². The van der Waals surface area contributed by atoms with Gasteiger partial charge in [-0.15, -0.1) is 5.10 Å². The van der Waals surface area contributed by atoms with Gasteiger partial charge in [0, 0.05) is 39.3 Å². The summed E-state index contributed by atoms with van der Waals surface area (Å²) in [6, 6.07) is 1.74. The van der Waals surface area contributed by atoms with E-state index in [-0.39, 0.29) is 24.2 Å². The number of amides is 1. The highest BCUT2D eigenvalue weighted by molar-refractivity contribution is 5.93. The van der Waals surface area contributed by atoms with Crippen molar-refractivity contribution in [2.24, 2.45) is 20.0 Å². The lowest BCUT2D eigenvalue weighted by Gasteiger charge is -2.15. The van der Waals surface area contributed by atoms with Gasteiger partial charge in [-0.1, -0.05) is 5.21 Å². The van der Waals surface area contributed by atoms with Gasteiger partial charge in [-0.25, -0.2) is 0 Å². The summed E-state index contributed by atoms with van der Waals surface area (Å²) in [4.78, 5) is 25.6. The molecule has 0 spiro atoms. The Kier molecular flexibility index (Phi) is 4.08. The second kappa shape index (κ2) is 6.06. The molecule has 1 fully saturated rings. The molecular weight excluding hydrogens is 312 g/mol. The van der Waals surface area contributed by atoms with Gasteiger partial charge in [0.2, 0.25) is 0 Å². The van der Waals surface area contributed by atoms with Gasteiger partial charge in [0.05, 0.1) is 17.8 Å². The number of aromatic nitrogens is 5. The number of nitrogens with zero attached hydrogens (tertiary/aromatic N) is 6. The van der Waals surface area contributed by atoms with Crippen LogP contribution in [-0.2, 0) is 18.9 Å². The van der Waals surface area contributed by atoms with E-state index in [0.29, 0.717) is 18.8 Å². The molecule has 1 amide bonds. The normalized spacial score (nSPS) is 20.5. The number of carbonyl (C=O) groups is 2. The molecule has 0 bridgehead atoms. The topological polar surface area (TPSA) is 106 Å². The smallest absolute Gasteiger partial charge is 0.303 e. The molecular formula is C15H20N6O3. The number of carbonyl (C=O) groups excluding carboxylic acids is 1. The maximum absolute atomic E-state index is 12.8. The van der Waals surface area contributed by atoms with E-state index in [4.69, 9.17) is 0 Å². The van der Waals surface area contributed by atoms with Crippen LogP contribution in [0.4, 0.5) is 0 Å². The zero-order valence-corrected chi connectivity index (χ0v) is 13.9. The fraction of sp³-hybridized carbons (Fsp3) is 0.533. The van der Waals surface area contributed by atoms with Crippen molar-refractivity contribution in [1.29, 1.82) is 0 Å². The number of rotatable bonds is 4. The van der Waals surface area contributed by atoms with E-state index in [1.165, 1.54) is 0 Å². The second-order valence-corrected chi connectivity index (χ2v) is 6.29. The van der Waals surface area contributed by atoms with Gasteiger partial charge in [-0.05, 0) is 18.9 Å².